The van der Waals surface area contributed by atoms with E-state index in [2.05, 4.69) is 10.4 Å². The fraction of sp³-hybridized carbons (Fsp3) is 0.308. The van der Waals surface area contributed by atoms with Crippen LogP contribution in [0.5, 0.6) is 0 Å². The van der Waals surface area contributed by atoms with Gasteiger partial charge in [-0.1, -0.05) is 0 Å². The number of hydrogen-bond donors (Lipinski definition) is 3. The van der Waals surface area contributed by atoms with Crippen LogP contribution in [0.1, 0.15) is 12.5 Å². The van der Waals surface area contributed by atoms with E-state index in [0.717, 1.165) is 0 Å². The van der Waals surface area contributed by atoms with Gasteiger partial charge in [-0.25, -0.2) is 13.6 Å². The summed E-state index contributed by atoms with van der Waals surface area (Å²) in [5.41, 5.74) is 7.31. The van der Waals surface area contributed by atoms with Crippen molar-refractivity contribution in [1.29, 1.82) is 0 Å². The van der Waals surface area contributed by atoms with Gasteiger partial charge in [-0.05, 0) is 37.6 Å². The second-order valence-corrected chi connectivity index (χ2v) is 6.54. The first-order chi connectivity index (χ1) is 9.77. The molecule has 114 valence electrons. The molecule has 0 aliphatic heterocycles. The maximum atomic E-state index is 11.6. The topological polar surface area (TPSA) is 116 Å². The zero-order valence-electron chi connectivity index (χ0n) is 11.9. The number of aromatic nitrogens is 2. The zero-order chi connectivity index (χ0) is 15.6. The van der Waals surface area contributed by atoms with Gasteiger partial charge in [-0.15, -0.1) is 0 Å². The third kappa shape index (κ3) is 3.73. The second-order valence-electron chi connectivity index (χ2n) is 5.01. The lowest BCUT2D eigenvalue weighted by Crippen LogP contribution is -2.23. The molecular weight excluding hydrogens is 290 g/mol. The summed E-state index contributed by atoms with van der Waals surface area (Å²) in [6, 6.07) is 4.95. The molecule has 0 bridgehead atoms. The summed E-state index contributed by atoms with van der Waals surface area (Å²) in [6.45, 7) is 4.31. The molecule has 2 aromatic rings. The lowest BCUT2D eigenvalue weighted by atomic mass is 10.1. The number of rotatable bonds is 5. The molecule has 21 heavy (non-hydrogen) atoms. The van der Waals surface area contributed by atoms with Crippen LogP contribution in [-0.4, -0.2) is 24.2 Å². The molecule has 2 rings (SSSR count). The van der Waals surface area contributed by atoms with Crippen LogP contribution in [0.3, 0.4) is 0 Å². The average molecular weight is 309 g/mol. The van der Waals surface area contributed by atoms with Crippen molar-refractivity contribution in [3.05, 3.63) is 36.2 Å². The Morgan fingerprint density at radius 2 is 2.14 bits per heavy atom. The summed E-state index contributed by atoms with van der Waals surface area (Å²) in [6.07, 6.45) is 3.57. The normalized spacial score (nSPS) is 13.1. The first-order valence-electron chi connectivity index (χ1n) is 6.44. The number of nitrogens with two attached hydrogens (primary N) is 2. The molecule has 0 radical (unpaired) electrons. The van der Waals surface area contributed by atoms with Crippen LogP contribution in [0.4, 0.5) is 11.4 Å². The highest BCUT2D eigenvalue weighted by atomic mass is 32.2. The molecule has 8 heteroatoms. The molecule has 7 nitrogen and oxygen atoms in total. The Hall–Kier alpha value is -2.06. The molecule has 1 atom stereocenters. The predicted octanol–water partition coefficient (Wildman–Crippen LogP) is 0.922. The van der Waals surface area contributed by atoms with Gasteiger partial charge in [0.15, 0.2) is 0 Å². The Balaban J connectivity index is 2.26. The van der Waals surface area contributed by atoms with Crippen molar-refractivity contribution in [3.63, 3.8) is 0 Å². The van der Waals surface area contributed by atoms with Crippen LogP contribution in [-0.2, 0) is 16.6 Å². The number of nitrogens with zero attached hydrogens (tertiary/aromatic N) is 2. The Morgan fingerprint density at radius 1 is 1.43 bits per heavy atom. The number of nitrogens with one attached hydrogen (secondary N) is 1. The Kier molecular flexibility index (Phi) is 4.19. The van der Waals surface area contributed by atoms with Gasteiger partial charge in [0.05, 0.1) is 11.4 Å². The van der Waals surface area contributed by atoms with E-state index >= 15 is 0 Å². The standard InChI is InChI=1S/C13H19N5O2S/c1-9(8-18-5-3-4-16-18)17-12-6-11(14)7-13(10(12)2)21(15,19)20/h3-7,9,17H,8,14H2,1-2H3,(H2,15,19,20). The van der Waals surface area contributed by atoms with Crippen molar-refractivity contribution in [2.75, 3.05) is 11.1 Å². The quantitative estimate of drug-likeness (QED) is 0.710. The summed E-state index contributed by atoms with van der Waals surface area (Å²) in [5, 5.41) is 12.6. The van der Waals surface area contributed by atoms with Gasteiger partial charge < -0.3 is 11.1 Å². The second kappa shape index (κ2) is 5.74. The van der Waals surface area contributed by atoms with E-state index < -0.39 is 10.0 Å². The van der Waals surface area contributed by atoms with Crippen LogP contribution < -0.4 is 16.2 Å². The van der Waals surface area contributed by atoms with Crippen molar-refractivity contribution >= 4 is 21.4 Å². The van der Waals surface area contributed by atoms with Crippen molar-refractivity contribution in [2.24, 2.45) is 5.14 Å². The fourth-order valence-electron chi connectivity index (χ4n) is 2.15. The summed E-state index contributed by atoms with van der Waals surface area (Å²) < 4.78 is 25.0. The Bertz CT molecular complexity index is 725. The molecule has 0 saturated heterocycles. The van der Waals surface area contributed by atoms with Gasteiger partial charge in [0, 0.05) is 29.8 Å². The minimum atomic E-state index is -3.80. The molecule has 0 amide bonds. The first kappa shape index (κ1) is 15.3. The molecular formula is C13H19N5O2S. The van der Waals surface area contributed by atoms with Crippen molar-refractivity contribution in [3.8, 4) is 0 Å². The van der Waals surface area contributed by atoms with Gasteiger partial charge in [-0.2, -0.15) is 5.10 Å². The van der Waals surface area contributed by atoms with Crippen LogP contribution in [0.2, 0.25) is 0 Å². The first-order valence-corrected chi connectivity index (χ1v) is 7.99. The Morgan fingerprint density at radius 3 is 2.71 bits per heavy atom. The van der Waals surface area contributed by atoms with Crippen LogP contribution in [0.25, 0.3) is 0 Å². The zero-order valence-corrected chi connectivity index (χ0v) is 12.8. The van der Waals surface area contributed by atoms with Gasteiger partial charge in [0.25, 0.3) is 0 Å². The number of primary sulfonamides is 1. The largest absolute Gasteiger partial charge is 0.399 e. The summed E-state index contributed by atoms with van der Waals surface area (Å²) >= 11 is 0. The third-order valence-corrected chi connectivity index (χ3v) is 4.15. The van der Waals surface area contributed by atoms with Gasteiger partial charge in [0.1, 0.15) is 0 Å². The average Bonchev–Trinajstić information content (AvgIpc) is 2.84. The Labute approximate surface area is 124 Å². The molecule has 1 heterocycles. The van der Waals surface area contributed by atoms with Crippen molar-refractivity contribution in [2.45, 2.75) is 31.3 Å². The highest BCUT2D eigenvalue weighted by Gasteiger charge is 2.16. The van der Waals surface area contributed by atoms with Crippen LogP contribution in [0.15, 0.2) is 35.5 Å². The molecule has 0 fully saturated rings. The maximum absolute atomic E-state index is 11.6. The number of nitrogen functional groups attached to an aromatic ring is 1. The van der Waals surface area contributed by atoms with Gasteiger partial charge in [0.2, 0.25) is 10.0 Å². The van der Waals surface area contributed by atoms with Crippen LogP contribution >= 0.6 is 0 Å². The highest BCUT2D eigenvalue weighted by Crippen LogP contribution is 2.26. The number of sulfonamides is 1. The molecule has 0 aliphatic rings. The summed E-state index contributed by atoms with van der Waals surface area (Å²) in [7, 11) is -3.80. The van der Waals surface area contributed by atoms with E-state index in [-0.39, 0.29) is 10.9 Å². The van der Waals surface area contributed by atoms with Gasteiger partial charge >= 0.3 is 0 Å². The van der Waals surface area contributed by atoms with E-state index in [1.54, 1.807) is 23.9 Å². The summed E-state index contributed by atoms with van der Waals surface area (Å²) in [5.74, 6) is 0. The highest BCUT2D eigenvalue weighted by molar-refractivity contribution is 7.89. The maximum Gasteiger partial charge on any atom is 0.238 e. The smallest absolute Gasteiger partial charge is 0.238 e. The molecule has 1 aromatic carbocycles. The molecule has 1 aromatic heterocycles. The van der Waals surface area contributed by atoms with E-state index in [1.807, 2.05) is 19.2 Å². The molecule has 0 aliphatic carbocycles. The minimum absolute atomic E-state index is 0.0382. The van der Waals surface area contributed by atoms with E-state index in [0.29, 0.717) is 23.5 Å². The predicted molar refractivity (Wildman–Crippen MR) is 82.3 cm³/mol. The van der Waals surface area contributed by atoms with Crippen LogP contribution in [0, 0.1) is 6.92 Å². The molecule has 0 spiro atoms. The monoisotopic (exact) mass is 309 g/mol. The number of hydrogen-bond acceptors (Lipinski definition) is 5. The lowest BCUT2D eigenvalue weighted by molar-refractivity contribution is 0.560. The fourth-order valence-corrected chi connectivity index (χ4v) is 2.99. The summed E-state index contributed by atoms with van der Waals surface area (Å²) in [4.78, 5) is 0.0382. The van der Waals surface area contributed by atoms with E-state index in [1.165, 1.54) is 6.07 Å². The number of anilines is 2. The van der Waals surface area contributed by atoms with Crippen molar-refractivity contribution in [1.82, 2.24) is 9.78 Å². The molecule has 1 unspecified atom stereocenters. The van der Waals surface area contributed by atoms with E-state index in [4.69, 9.17) is 10.9 Å². The SMILES string of the molecule is Cc1c(NC(C)Cn2cccn2)cc(N)cc1S(N)(=O)=O. The van der Waals surface area contributed by atoms with Gasteiger partial charge in [-0.3, -0.25) is 4.68 Å². The third-order valence-electron chi connectivity index (χ3n) is 3.11. The number of benzene rings is 1. The lowest BCUT2D eigenvalue weighted by Gasteiger charge is -2.19. The van der Waals surface area contributed by atoms with E-state index in [9.17, 15) is 8.42 Å². The molecule has 5 N–H and O–H groups in total. The van der Waals surface area contributed by atoms with Crippen molar-refractivity contribution < 1.29 is 8.42 Å². The molecule has 0 saturated carbocycles. The minimum Gasteiger partial charge on any atom is -0.399 e.